The maximum absolute atomic E-state index is 12.0. The number of aliphatic carboxylic acids is 1. The second-order valence-electron chi connectivity index (χ2n) is 4.96. The van der Waals surface area contributed by atoms with Gasteiger partial charge in [0.2, 0.25) is 0 Å². The monoisotopic (exact) mass is 329 g/mol. The molecule has 1 amide bonds. The maximum Gasteiger partial charge on any atom is 0.323 e. The van der Waals surface area contributed by atoms with E-state index in [9.17, 15) is 19.2 Å². The quantitative estimate of drug-likeness (QED) is 0.525. The minimum atomic E-state index is -1.29. The van der Waals surface area contributed by atoms with E-state index in [1.807, 2.05) is 0 Å². The van der Waals surface area contributed by atoms with Gasteiger partial charge in [-0.25, -0.2) is 4.98 Å². The Hall–Kier alpha value is -3.69. The van der Waals surface area contributed by atoms with E-state index < -0.39 is 29.5 Å². The van der Waals surface area contributed by atoms with Crippen LogP contribution in [0.15, 0.2) is 40.4 Å². The van der Waals surface area contributed by atoms with Crippen molar-refractivity contribution < 1.29 is 14.7 Å². The minimum Gasteiger partial charge on any atom is -0.480 e. The summed E-state index contributed by atoms with van der Waals surface area (Å²) in [6, 6.07) is 2.70. The third-order valence-corrected chi connectivity index (χ3v) is 3.43. The van der Waals surface area contributed by atoms with E-state index in [4.69, 9.17) is 10.8 Å². The molecular formula is C14H11N5O5. The third-order valence-electron chi connectivity index (χ3n) is 3.43. The second kappa shape index (κ2) is 5.50. The van der Waals surface area contributed by atoms with Crippen LogP contribution in [-0.2, 0) is 11.3 Å². The molecule has 0 fully saturated rings. The molecule has 1 aromatic carbocycles. The molecule has 0 unspecified atom stereocenters. The Morgan fingerprint density at radius 3 is 2.62 bits per heavy atom. The Kier molecular flexibility index (Phi) is 3.49. The summed E-state index contributed by atoms with van der Waals surface area (Å²) in [7, 11) is 0. The lowest BCUT2D eigenvalue weighted by atomic mass is 10.1. The average Bonchev–Trinajstić information content (AvgIpc) is 3.04. The van der Waals surface area contributed by atoms with Crippen molar-refractivity contribution in [2.45, 2.75) is 6.54 Å². The number of benzene rings is 1. The van der Waals surface area contributed by atoms with Crippen molar-refractivity contribution in [2.75, 3.05) is 0 Å². The summed E-state index contributed by atoms with van der Waals surface area (Å²) in [6.45, 7) is -0.696. The van der Waals surface area contributed by atoms with Crippen LogP contribution in [0.25, 0.3) is 16.7 Å². The van der Waals surface area contributed by atoms with Gasteiger partial charge >= 0.3 is 17.1 Å². The standard InChI is InChI=1S/C14H11N5O5/c15-12(22)7-3-8-10(4-9(7)18-2-1-16-6-18)19(5-11(20)21)14(24)13(23)17-8/h1-4,6H,5H2,(H2,15,22)(H,17,23)(H,20,21). The van der Waals surface area contributed by atoms with Crippen LogP contribution in [-0.4, -0.2) is 36.1 Å². The first-order valence-electron chi connectivity index (χ1n) is 6.69. The van der Waals surface area contributed by atoms with Gasteiger partial charge in [-0.1, -0.05) is 0 Å². The highest BCUT2D eigenvalue weighted by Crippen LogP contribution is 2.20. The van der Waals surface area contributed by atoms with E-state index in [0.29, 0.717) is 5.69 Å². The summed E-state index contributed by atoms with van der Waals surface area (Å²) < 4.78 is 2.31. The molecule has 2 heterocycles. The molecule has 0 radical (unpaired) electrons. The number of amides is 1. The summed E-state index contributed by atoms with van der Waals surface area (Å²) in [5, 5.41) is 8.98. The Bertz CT molecular complexity index is 1080. The zero-order valence-corrected chi connectivity index (χ0v) is 12.1. The third kappa shape index (κ3) is 2.45. The first-order valence-corrected chi connectivity index (χ1v) is 6.69. The lowest BCUT2D eigenvalue weighted by Gasteiger charge is -2.12. The summed E-state index contributed by atoms with van der Waals surface area (Å²) >= 11 is 0. The summed E-state index contributed by atoms with van der Waals surface area (Å²) in [6.07, 6.45) is 4.45. The van der Waals surface area contributed by atoms with E-state index >= 15 is 0 Å². The molecule has 122 valence electrons. The number of carboxylic acid groups (broad SMARTS) is 1. The number of hydrogen-bond acceptors (Lipinski definition) is 5. The topological polar surface area (TPSA) is 153 Å². The number of imidazole rings is 1. The fourth-order valence-electron chi connectivity index (χ4n) is 2.41. The van der Waals surface area contributed by atoms with E-state index in [2.05, 4.69) is 9.97 Å². The van der Waals surface area contributed by atoms with Gasteiger partial charge in [-0.2, -0.15) is 0 Å². The number of rotatable bonds is 4. The van der Waals surface area contributed by atoms with E-state index in [0.717, 1.165) is 4.57 Å². The van der Waals surface area contributed by atoms with Crippen LogP contribution in [0.1, 0.15) is 10.4 Å². The van der Waals surface area contributed by atoms with Crippen LogP contribution < -0.4 is 16.9 Å². The molecule has 0 saturated carbocycles. The molecule has 0 saturated heterocycles. The number of nitrogens with zero attached hydrogens (tertiary/aromatic N) is 3. The molecule has 0 bridgehead atoms. The van der Waals surface area contributed by atoms with Crippen molar-refractivity contribution in [3.05, 3.63) is 57.1 Å². The number of nitrogens with two attached hydrogens (primary N) is 1. The molecule has 10 nitrogen and oxygen atoms in total. The summed E-state index contributed by atoms with van der Waals surface area (Å²) in [4.78, 5) is 52.6. The molecule has 4 N–H and O–H groups in total. The fourth-order valence-corrected chi connectivity index (χ4v) is 2.41. The molecule has 0 spiro atoms. The number of aromatic nitrogens is 4. The number of fused-ring (bicyclic) bond motifs is 1. The number of aromatic amines is 1. The first-order chi connectivity index (χ1) is 11.4. The van der Waals surface area contributed by atoms with Crippen molar-refractivity contribution >= 4 is 22.9 Å². The van der Waals surface area contributed by atoms with E-state index in [1.54, 1.807) is 6.20 Å². The van der Waals surface area contributed by atoms with Crippen molar-refractivity contribution in [1.29, 1.82) is 0 Å². The van der Waals surface area contributed by atoms with Crippen LogP contribution in [0, 0.1) is 0 Å². The van der Waals surface area contributed by atoms with Gasteiger partial charge < -0.3 is 20.4 Å². The van der Waals surface area contributed by atoms with Crippen LogP contribution in [0.4, 0.5) is 0 Å². The average molecular weight is 329 g/mol. The molecule has 0 aliphatic rings. The predicted molar refractivity (Wildman–Crippen MR) is 82.1 cm³/mol. The Labute approximate surface area is 132 Å². The van der Waals surface area contributed by atoms with Gasteiger partial charge in [-0.15, -0.1) is 0 Å². The lowest BCUT2D eigenvalue weighted by Crippen LogP contribution is -2.38. The molecule has 3 aromatic rings. The minimum absolute atomic E-state index is 0.0803. The van der Waals surface area contributed by atoms with Crippen LogP contribution >= 0.6 is 0 Å². The van der Waals surface area contributed by atoms with Crippen molar-refractivity contribution in [3.63, 3.8) is 0 Å². The van der Waals surface area contributed by atoms with Gasteiger partial charge in [0, 0.05) is 12.4 Å². The van der Waals surface area contributed by atoms with Gasteiger partial charge in [0.1, 0.15) is 6.54 Å². The van der Waals surface area contributed by atoms with Crippen molar-refractivity contribution in [1.82, 2.24) is 19.1 Å². The zero-order chi connectivity index (χ0) is 17.4. The molecule has 10 heteroatoms. The number of hydrogen-bond donors (Lipinski definition) is 3. The van der Waals surface area contributed by atoms with Gasteiger partial charge in [-0.05, 0) is 12.1 Å². The highest BCUT2D eigenvalue weighted by Gasteiger charge is 2.17. The number of nitrogens with one attached hydrogen (secondary N) is 1. The highest BCUT2D eigenvalue weighted by atomic mass is 16.4. The van der Waals surface area contributed by atoms with Crippen LogP contribution in [0.5, 0.6) is 0 Å². The first kappa shape index (κ1) is 15.2. The Balaban J connectivity index is 2.44. The van der Waals surface area contributed by atoms with Crippen LogP contribution in [0.2, 0.25) is 0 Å². The number of carboxylic acids is 1. The van der Waals surface area contributed by atoms with Gasteiger partial charge in [0.15, 0.2) is 0 Å². The van der Waals surface area contributed by atoms with Gasteiger partial charge in [0.05, 0.1) is 28.6 Å². The Morgan fingerprint density at radius 2 is 2.04 bits per heavy atom. The largest absolute Gasteiger partial charge is 0.480 e. The molecule has 2 aromatic heterocycles. The number of carbonyl (C=O) groups is 2. The second-order valence-corrected chi connectivity index (χ2v) is 4.96. The highest BCUT2D eigenvalue weighted by molar-refractivity contribution is 6.00. The van der Waals surface area contributed by atoms with Gasteiger partial charge in [0.25, 0.3) is 5.91 Å². The molecule has 0 atom stereocenters. The summed E-state index contributed by atoms with van der Waals surface area (Å²) in [5.74, 6) is -2.04. The number of carbonyl (C=O) groups excluding carboxylic acids is 1. The fraction of sp³-hybridized carbons (Fsp3) is 0.0714. The molecule has 0 aliphatic carbocycles. The van der Waals surface area contributed by atoms with Crippen molar-refractivity contribution in [3.8, 4) is 5.69 Å². The molecule has 24 heavy (non-hydrogen) atoms. The van der Waals surface area contributed by atoms with Crippen molar-refractivity contribution in [2.24, 2.45) is 5.73 Å². The summed E-state index contributed by atoms with van der Waals surface area (Å²) in [5.41, 5.74) is 4.03. The van der Waals surface area contributed by atoms with Gasteiger partial charge in [-0.3, -0.25) is 23.7 Å². The van der Waals surface area contributed by atoms with E-state index in [-0.39, 0.29) is 16.6 Å². The Morgan fingerprint density at radius 1 is 1.29 bits per heavy atom. The molecule has 3 rings (SSSR count). The number of H-pyrrole nitrogens is 1. The zero-order valence-electron chi connectivity index (χ0n) is 12.1. The normalized spacial score (nSPS) is 10.8. The SMILES string of the molecule is NC(=O)c1cc2[nH]c(=O)c(=O)n(CC(=O)O)c2cc1-n1ccnc1. The van der Waals surface area contributed by atoms with Crippen LogP contribution in [0.3, 0.4) is 0 Å². The molecular weight excluding hydrogens is 318 g/mol. The number of primary amides is 1. The van der Waals surface area contributed by atoms with E-state index in [1.165, 1.54) is 29.2 Å². The smallest absolute Gasteiger partial charge is 0.323 e. The lowest BCUT2D eigenvalue weighted by molar-refractivity contribution is -0.137. The maximum atomic E-state index is 12.0. The predicted octanol–water partition coefficient (Wildman–Crippen LogP) is -0.941. The molecule has 0 aliphatic heterocycles.